The minimum absolute atomic E-state index is 0.0953. The number of rotatable bonds is 7. The van der Waals surface area contributed by atoms with Crippen molar-refractivity contribution in [2.45, 2.75) is 32.5 Å². The van der Waals surface area contributed by atoms with E-state index in [2.05, 4.69) is 4.90 Å². The summed E-state index contributed by atoms with van der Waals surface area (Å²) in [7, 11) is 1.60. The van der Waals surface area contributed by atoms with Gasteiger partial charge >= 0.3 is 0 Å². The topological polar surface area (TPSA) is 111 Å². The fourth-order valence-electron chi connectivity index (χ4n) is 4.62. The van der Waals surface area contributed by atoms with Crippen molar-refractivity contribution in [2.75, 3.05) is 33.4 Å². The lowest BCUT2D eigenvalue weighted by Crippen LogP contribution is -2.54. The van der Waals surface area contributed by atoms with Gasteiger partial charge in [0.2, 0.25) is 0 Å². The van der Waals surface area contributed by atoms with Gasteiger partial charge in [-0.15, -0.1) is 0 Å². The second-order valence-corrected chi connectivity index (χ2v) is 8.76. The van der Waals surface area contributed by atoms with E-state index < -0.39 is 4.92 Å². The molecule has 10 heteroatoms. The number of fused-ring (bicyclic) bond motifs is 1. The van der Waals surface area contributed by atoms with Crippen molar-refractivity contribution in [2.24, 2.45) is 0 Å². The van der Waals surface area contributed by atoms with Gasteiger partial charge in [0.1, 0.15) is 5.82 Å². The molecule has 3 aromatic rings. The molecule has 0 aliphatic carbocycles. The Labute approximate surface area is 202 Å². The van der Waals surface area contributed by atoms with E-state index in [-0.39, 0.29) is 29.2 Å². The monoisotopic (exact) mass is 479 g/mol. The van der Waals surface area contributed by atoms with E-state index in [0.717, 1.165) is 0 Å². The van der Waals surface area contributed by atoms with Crippen molar-refractivity contribution in [3.8, 4) is 0 Å². The maximum absolute atomic E-state index is 13.2. The van der Waals surface area contributed by atoms with Crippen LogP contribution < -0.4 is 5.56 Å². The molecule has 2 aromatic carbocycles. The number of ether oxygens (including phenoxy) is 1. The Hall–Kier alpha value is -3.63. The molecule has 2 atom stereocenters. The van der Waals surface area contributed by atoms with Gasteiger partial charge in [-0.25, -0.2) is 4.98 Å². The molecule has 1 saturated heterocycles. The third-order valence-corrected chi connectivity index (χ3v) is 6.56. The minimum atomic E-state index is -0.500. The third-order valence-electron chi connectivity index (χ3n) is 6.56. The largest absolute Gasteiger partial charge is 0.383 e. The normalized spacial score (nSPS) is 17.5. The number of carbonyl (C=O) groups excluding carboxylic acids is 1. The number of nitro benzene ring substituents is 1. The lowest BCUT2D eigenvalue weighted by atomic mass is 10.1. The van der Waals surface area contributed by atoms with Crippen LogP contribution in [0.15, 0.2) is 53.3 Å². The predicted molar refractivity (Wildman–Crippen MR) is 131 cm³/mol. The highest BCUT2D eigenvalue weighted by atomic mass is 16.6. The molecule has 1 amide bonds. The van der Waals surface area contributed by atoms with Gasteiger partial charge in [0.15, 0.2) is 0 Å². The van der Waals surface area contributed by atoms with Gasteiger partial charge in [-0.2, -0.15) is 0 Å². The number of hydrogen-bond acceptors (Lipinski definition) is 7. The molecule has 0 N–H and O–H groups in total. The Morgan fingerprint density at radius 3 is 2.71 bits per heavy atom. The number of nitro groups is 1. The van der Waals surface area contributed by atoms with Crippen LogP contribution in [0.25, 0.3) is 10.9 Å². The van der Waals surface area contributed by atoms with Gasteiger partial charge in [0, 0.05) is 50.5 Å². The third kappa shape index (κ3) is 4.94. The van der Waals surface area contributed by atoms with Gasteiger partial charge < -0.3 is 9.64 Å². The van der Waals surface area contributed by atoms with Crippen LogP contribution in [-0.4, -0.2) is 69.6 Å². The van der Waals surface area contributed by atoms with Gasteiger partial charge in [-0.05, 0) is 32.0 Å². The zero-order valence-electron chi connectivity index (χ0n) is 20.1. The molecule has 1 fully saturated rings. The average molecular weight is 480 g/mol. The first-order valence-electron chi connectivity index (χ1n) is 11.6. The molecule has 2 heterocycles. The Balaban J connectivity index is 1.57. The number of carbonyl (C=O) groups is 1. The summed E-state index contributed by atoms with van der Waals surface area (Å²) in [5, 5.41) is 11.7. The summed E-state index contributed by atoms with van der Waals surface area (Å²) in [6.07, 6.45) is 0. The molecule has 10 nitrogen and oxygen atoms in total. The quantitative estimate of drug-likeness (QED) is 0.378. The highest BCUT2D eigenvalue weighted by Crippen LogP contribution is 2.25. The number of non-ortho nitro benzene ring substituents is 1. The van der Waals surface area contributed by atoms with E-state index >= 15 is 0 Å². The van der Waals surface area contributed by atoms with Crippen LogP contribution in [-0.2, 0) is 11.3 Å². The van der Waals surface area contributed by atoms with Crippen LogP contribution >= 0.6 is 0 Å². The molecule has 0 saturated carbocycles. The van der Waals surface area contributed by atoms with Crippen molar-refractivity contribution in [1.82, 2.24) is 19.4 Å². The smallest absolute Gasteiger partial charge is 0.270 e. The zero-order valence-corrected chi connectivity index (χ0v) is 20.1. The fraction of sp³-hybridized carbons (Fsp3) is 0.400. The van der Waals surface area contributed by atoms with Gasteiger partial charge in [-0.3, -0.25) is 29.2 Å². The summed E-state index contributed by atoms with van der Waals surface area (Å²) in [4.78, 5) is 45.7. The summed E-state index contributed by atoms with van der Waals surface area (Å²) < 4.78 is 6.91. The average Bonchev–Trinajstić information content (AvgIpc) is 2.87. The SMILES string of the molecule is COCCn1c(C(C)N2CCN(C(=O)c3cccc([N+](=O)[O-])c3)C(C)C2)nc2ccccc2c1=O. The van der Waals surface area contributed by atoms with Crippen molar-refractivity contribution in [3.05, 3.63) is 80.4 Å². The maximum atomic E-state index is 13.2. The molecule has 0 bridgehead atoms. The van der Waals surface area contributed by atoms with E-state index in [1.54, 1.807) is 28.7 Å². The van der Waals surface area contributed by atoms with Gasteiger partial charge in [-0.1, -0.05) is 18.2 Å². The van der Waals surface area contributed by atoms with Gasteiger partial charge in [0.05, 0.1) is 35.0 Å². The molecule has 1 aromatic heterocycles. The van der Waals surface area contributed by atoms with Crippen molar-refractivity contribution in [1.29, 1.82) is 0 Å². The number of amides is 1. The Morgan fingerprint density at radius 1 is 1.23 bits per heavy atom. The summed E-state index contributed by atoms with van der Waals surface area (Å²) in [6, 6.07) is 12.8. The molecule has 2 unspecified atom stereocenters. The summed E-state index contributed by atoms with van der Waals surface area (Å²) in [6.45, 7) is 6.39. The molecular weight excluding hydrogens is 450 g/mol. The number of benzene rings is 2. The van der Waals surface area contributed by atoms with E-state index in [1.165, 1.54) is 18.2 Å². The van der Waals surface area contributed by atoms with Crippen molar-refractivity contribution < 1.29 is 14.5 Å². The molecule has 35 heavy (non-hydrogen) atoms. The lowest BCUT2D eigenvalue weighted by molar-refractivity contribution is -0.384. The number of piperazine rings is 1. The molecule has 1 aliphatic rings. The van der Waals surface area contributed by atoms with Crippen LogP contribution in [0, 0.1) is 10.1 Å². The van der Waals surface area contributed by atoms with Crippen LogP contribution in [0.3, 0.4) is 0 Å². The molecule has 1 aliphatic heterocycles. The van der Waals surface area contributed by atoms with Crippen molar-refractivity contribution in [3.63, 3.8) is 0 Å². The Bertz CT molecular complexity index is 1310. The number of para-hydroxylation sites is 1. The highest BCUT2D eigenvalue weighted by Gasteiger charge is 2.32. The predicted octanol–water partition coefficient (Wildman–Crippen LogP) is 2.86. The van der Waals surface area contributed by atoms with E-state index in [0.29, 0.717) is 55.1 Å². The fourth-order valence-corrected chi connectivity index (χ4v) is 4.62. The zero-order chi connectivity index (χ0) is 25.1. The summed E-state index contributed by atoms with van der Waals surface area (Å²) >= 11 is 0. The summed E-state index contributed by atoms with van der Waals surface area (Å²) in [5.74, 6) is 0.436. The first-order valence-corrected chi connectivity index (χ1v) is 11.6. The molecule has 184 valence electrons. The molecule has 0 radical (unpaired) electrons. The van der Waals surface area contributed by atoms with E-state index in [4.69, 9.17) is 9.72 Å². The molecule has 0 spiro atoms. The second-order valence-electron chi connectivity index (χ2n) is 8.76. The van der Waals surface area contributed by atoms with E-state index in [1.807, 2.05) is 32.0 Å². The standard InChI is InChI=1S/C25H29N5O5/c1-17-16-27(11-12-28(17)24(31)19-7-6-8-20(15-19)30(33)34)18(2)23-26-22-10-5-4-9-21(22)25(32)29(23)13-14-35-3/h4-10,15,17-18H,11-14,16H2,1-3H3. The number of hydrogen-bond donors (Lipinski definition) is 0. The van der Waals surface area contributed by atoms with Gasteiger partial charge in [0.25, 0.3) is 17.2 Å². The number of aromatic nitrogens is 2. The van der Waals surface area contributed by atoms with Crippen LogP contribution in [0.4, 0.5) is 5.69 Å². The second kappa shape index (κ2) is 10.3. The number of nitrogens with zero attached hydrogens (tertiary/aromatic N) is 5. The van der Waals surface area contributed by atoms with Crippen molar-refractivity contribution >= 4 is 22.5 Å². The Kier molecular flexibility index (Phi) is 7.23. The Morgan fingerprint density at radius 2 is 2.00 bits per heavy atom. The van der Waals surface area contributed by atoms with Crippen LogP contribution in [0.5, 0.6) is 0 Å². The van der Waals surface area contributed by atoms with E-state index in [9.17, 15) is 19.7 Å². The minimum Gasteiger partial charge on any atom is -0.383 e. The van der Waals surface area contributed by atoms with Crippen LogP contribution in [0.2, 0.25) is 0 Å². The first-order chi connectivity index (χ1) is 16.8. The maximum Gasteiger partial charge on any atom is 0.270 e. The summed E-state index contributed by atoms with van der Waals surface area (Å²) in [5.41, 5.74) is 0.756. The lowest BCUT2D eigenvalue weighted by Gasteiger charge is -2.42. The molecular formula is C25H29N5O5. The first kappa shape index (κ1) is 24.5. The van der Waals surface area contributed by atoms with Crippen LogP contribution in [0.1, 0.15) is 36.1 Å². The molecule has 4 rings (SSSR count). The highest BCUT2D eigenvalue weighted by molar-refractivity contribution is 5.95. The number of methoxy groups -OCH3 is 1.